The molecule has 0 spiro atoms. The van der Waals surface area contributed by atoms with E-state index in [4.69, 9.17) is 9.47 Å². The average Bonchev–Trinajstić information content (AvgIpc) is 2.62. The summed E-state index contributed by atoms with van der Waals surface area (Å²) < 4.78 is 11.1. The molecule has 25 heavy (non-hydrogen) atoms. The topological polar surface area (TPSA) is 76.7 Å². The molecule has 6 heteroatoms. The lowest BCUT2D eigenvalue weighted by Crippen LogP contribution is -2.46. The first kappa shape index (κ1) is 16.8. The van der Waals surface area contributed by atoms with Gasteiger partial charge in [-0.05, 0) is 37.1 Å². The summed E-state index contributed by atoms with van der Waals surface area (Å²) in [5.74, 6) is 0.460. The fourth-order valence-electron chi connectivity index (χ4n) is 2.63. The number of hydrogen-bond acceptors (Lipinski definition) is 4. The third-order valence-electron chi connectivity index (χ3n) is 3.97. The fraction of sp³-hybridized carbons (Fsp3) is 0.263. The molecule has 0 bridgehead atoms. The standard InChI is InChI=1S/C19H20N2O4/c1-12-6-5-7-13(2)18(12)21-17(22)10-20-19(23)16-11-24-14-8-3-4-9-15(14)25-16/h3-9,16H,10-11H2,1-2H3,(H,20,23)(H,21,22)/t16-/m0/s1. The van der Waals surface area contributed by atoms with Crippen LogP contribution in [0.2, 0.25) is 0 Å². The van der Waals surface area contributed by atoms with Gasteiger partial charge in [-0.2, -0.15) is 0 Å². The van der Waals surface area contributed by atoms with E-state index >= 15 is 0 Å². The van der Waals surface area contributed by atoms with Crippen molar-refractivity contribution in [3.8, 4) is 11.5 Å². The van der Waals surface area contributed by atoms with Gasteiger partial charge in [-0.3, -0.25) is 9.59 Å². The number of anilines is 1. The SMILES string of the molecule is Cc1cccc(C)c1NC(=O)CNC(=O)[C@@H]1COc2ccccc2O1. The first-order valence-electron chi connectivity index (χ1n) is 8.07. The normalized spacial score (nSPS) is 15.4. The highest BCUT2D eigenvalue weighted by molar-refractivity contribution is 5.96. The fourth-order valence-corrected chi connectivity index (χ4v) is 2.63. The quantitative estimate of drug-likeness (QED) is 0.895. The van der Waals surface area contributed by atoms with Crippen molar-refractivity contribution in [3.05, 3.63) is 53.6 Å². The zero-order chi connectivity index (χ0) is 17.8. The summed E-state index contributed by atoms with van der Waals surface area (Å²) in [7, 11) is 0. The highest BCUT2D eigenvalue weighted by Gasteiger charge is 2.27. The lowest BCUT2D eigenvalue weighted by atomic mass is 10.1. The number of fused-ring (bicyclic) bond motifs is 1. The van der Waals surface area contributed by atoms with Gasteiger partial charge in [0.15, 0.2) is 11.5 Å². The first-order chi connectivity index (χ1) is 12.0. The molecule has 2 amide bonds. The highest BCUT2D eigenvalue weighted by Crippen LogP contribution is 2.30. The van der Waals surface area contributed by atoms with E-state index in [0.717, 1.165) is 16.8 Å². The summed E-state index contributed by atoms with van der Waals surface area (Å²) in [6.07, 6.45) is -0.775. The molecule has 6 nitrogen and oxygen atoms in total. The highest BCUT2D eigenvalue weighted by atomic mass is 16.6. The predicted molar refractivity (Wildman–Crippen MR) is 93.9 cm³/mol. The van der Waals surface area contributed by atoms with Crippen LogP contribution in [0.4, 0.5) is 5.69 Å². The van der Waals surface area contributed by atoms with E-state index in [-0.39, 0.29) is 25.0 Å². The Balaban J connectivity index is 1.53. The van der Waals surface area contributed by atoms with Crippen LogP contribution in [-0.4, -0.2) is 31.1 Å². The maximum Gasteiger partial charge on any atom is 0.265 e. The number of para-hydroxylation sites is 3. The van der Waals surface area contributed by atoms with Crippen LogP contribution < -0.4 is 20.1 Å². The number of amides is 2. The Morgan fingerprint density at radius 1 is 1.04 bits per heavy atom. The van der Waals surface area contributed by atoms with Crippen molar-refractivity contribution < 1.29 is 19.1 Å². The Morgan fingerprint density at radius 2 is 1.72 bits per heavy atom. The van der Waals surface area contributed by atoms with Gasteiger partial charge in [0.2, 0.25) is 12.0 Å². The number of ether oxygens (including phenoxy) is 2. The third kappa shape index (κ3) is 3.91. The lowest BCUT2D eigenvalue weighted by molar-refractivity contribution is -0.131. The second-order valence-corrected chi connectivity index (χ2v) is 5.90. The van der Waals surface area contributed by atoms with Crippen LogP contribution in [0.5, 0.6) is 11.5 Å². The molecule has 0 unspecified atom stereocenters. The molecule has 130 valence electrons. The Hall–Kier alpha value is -3.02. The molecule has 0 radical (unpaired) electrons. The van der Waals surface area contributed by atoms with Gasteiger partial charge in [0, 0.05) is 5.69 Å². The molecule has 0 saturated carbocycles. The number of rotatable bonds is 4. The maximum atomic E-state index is 12.2. The minimum atomic E-state index is -0.775. The van der Waals surface area contributed by atoms with Gasteiger partial charge in [-0.25, -0.2) is 0 Å². The van der Waals surface area contributed by atoms with Gasteiger partial charge in [0.25, 0.3) is 5.91 Å². The minimum Gasteiger partial charge on any atom is -0.485 e. The number of carbonyl (C=O) groups is 2. The van der Waals surface area contributed by atoms with Crippen LogP contribution in [-0.2, 0) is 9.59 Å². The van der Waals surface area contributed by atoms with Crippen LogP contribution in [0.1, 0.15) is 11.1 Å². The van der Waals surface area contributed by atoms with Gasteiger partial charge in [0.1, 0.15) is 6.61 Å². The Morgan fingerprint density at radius 3 is 2.44 bits per heavy atom. The summed E-state index contributed by atoms with van der Waals surface area (Å²) in [4.78, 5) is 24.3. The van der Waals surface area contributed by atoms with Crippen molar-refractivity contribution >= 4 is 17.5 Å². The number of benzene rings is 2. The van der Waals surface area contributed by atoms with Gasteiger partial charge in [0.05, 0.1) is 6.54 Å². The second kappa shape index (κ2) is 7.25. The van der Waals surface area contributed by atoms with E-state index in [1.54, 1.807) is 18.2 Å². The Labute approximate surface area is 146 Å². The van der Waals surface area contributed by atoms with E-state index < -0.39 is 6.10 Å². The molecule has 2 aromatic carbocycles. The van der Waals surface area contributed by atoms with Crippen LogP contribution in [0.25, 0.3) is 0 Å². The van der Waals surface area contributed by atoms with E-state index in [9.17, 15) is 9.59 Å². The van der Waals surface area contributed by atoms with E-state index in [0.29, 0.717) is 11.5 Å². The predicted octanol–water partition coefficient (Wildman–Crippen LogP) is 2.20. The summed E-state index contributed by atoms with van der Waals surface area (Å²) in [6.45, 7) is 3.83. The van der Waals surface area contributed by atoms with Gasteiger partial charge >= 0.3 is 0 Å². The van der Waals surface area contributed by atoms with Crippen molar-refractivity contribution in [1.29, 1.82) is 0 Å². The van der Waals surface area contributed by atoms with Crippen molar-refractivity contribution in [2.75, 3.05) is 18.5 Å². The monoisotopic (exact) mass is 340 g/mol. The molecule has 2 aromatic rings. The van der Waals surface area contributed by atoms with E-state index in [1.165, 1.54) is 0 Å². The average molecular weight is 340 g/mol. The molecule has 3 rings (SSSR count). The second-order valence-electron chi connectivity index (χ2n) is 5.90. The summed E-state index contributed by atoms with van der Waals surface area (Å²) in [5.41, 5.74) is 2.72. The van der Waals surface area contributed by atoms with Crippen LogP contribution >= 0.6 is 0 Å². The number of aryl methyl sites for hydroxylation is 2. The molecule has 2 N–H and O–H groups in total. The molecular formula is C19H20N2O4. The van der Waals surface area contributed by atoms with E-state index in [2.05, 4.69) is 10.6 Å². The zero-order valence-electron chi connectivity index (χ0n) is 14.2. The first-order valence-corrected chi connectivity index (χ1v) is 8.07. The molecule has 1 aliphatic heterocycles. The Kier molecular flexibility index (Phi) is 4.88. The molecule has 0 saturated heterocycles. The summed E-state index contributed by atoms with van der Waals surface area (Å²) in [5, 5.41) is 5.41. The van der Waals surface area contributed by atoms with Crippen LogP contribution in [0.3, 0.4) is 0 Å². The van der Waals surface area contributed by atoms with Crippen molar-refractivity contribution in [1.82, 2.24) is 5.32 Å². The zero-order valence-corrected chi connectivity index (χ0v) is 14.2. The van der Waals surface area contributed by atoms with Gasteiger partial charge in [-0.1, -0.05) is 30.3 Å². The molecule has 0 fully saturated rings. The van der Waals surface area contributed by atoms with Crippen molar-refractivity contribution in [2.24, 2.45) is 0 Å². The molecule has 1 aliphatic rings. The van der Waals surface area contributed by atoms with Crippen molar-refractivity contribution in [3.63, 3.8) is 0 Å². The molecule has 0 aliphatic carbocycles. The lowest BCUT2D eigenvalue weighted by Gasteiger charge is -2.25. The molecule has 1 heterocycles. The maximum absolute atomic E-state index is 12.2. The molecule has 1 atom stereocenters. The largest absolute Gasteiger partial charge is 0.485 e. The summed E-state index contributed by atoms with van der Waals surface area (Å²) in [6, 6.07) is 12.9. The van der Waals surface area contributed by atoms with Crippen LogP contribution in [0, 0.1) is 13.8 Å². The Bertz CT molecular complexity index is 784. The minimum absolute atomic E-state index is 0.112. The third-order valence-corrected chi connectivity index (χ3v) is 3.97. The summed E-state index contributed by atoms with van der Waals surface area (Å²) >= 11 is 0. The van der Waals surface area contributed by atoms with Crippen LogP contribution in [0.15, 0.2) is 42.5 Å². The van der Waals surface area contributed by atoms with Gasteiger partial charge < -0.3 is 20.1 Å². The van der Waals surface area contributed by atoms with Gasteiger partial charge in [-0.15, -0.1) is 0 Å². The number of hydrogen-bond donors (Lipinski definition) is 2. The number of nitrogens with one attached hydrogen (secondary N) is 2. The molecule has 0 aromatic heterocycles. The molecular weight excluding hydrogens is 320 g/mol. The van der Waals surface area contributed by atoms with E-state index in [1.807, 2.05) is 38.1 Å². The van der Waals surface area contributed by atoms with Crippen molar-refractivity contribution in [2.45, 2.75) is 20.0 Å². The smallest absolute Gasteiger partial charge is 0.265 e. The number of carbonyl (C=O) groups excluding carboxylic acids is 2.